The fourth-order valence-corrected chi connectivity index (χ4v) is 5.80. The number of rotatable bonds is 10. The molecule has 2 aliphatic rings. The molecule has 0 spiro atoms. The molecule has 1 amide bonds. The molecule has 38 heavy (non-hydrogen) atoms. The van der Waals surface area contributed by atoms with Gasteiger partial charge in [-0.1, -0.05) is 50.2 Å². The number of benzene rings is 1. The first-order valence-electron chi connectivity index (χ1n) is 13.2. The average Bonchev–Trinajstić information content (AvgIpc) is 3.46. The van der Waals surface area contributed by atoms with Crippen LogP contribution < -0.4 is 5.32 Å². The lowest BCUT2D eigenvalue weighted by Crippen LogP contribution is -2.63. The highest BCUT2D eigenvalue weighted by atomic mass is 16.5. The van der Waals surface area contributed by atoms with E-state index in [1.54, 1.807) is 12.4 Å². The van der Waals surface area contributed by atoms with Crippen LogP contribution in [0.5, 0.6) is 0 Å². The molecular weight excluding hydrogens is 482 g/mol. The number of hydrogen-bond donors (Lipinski definition) is 2. The summed E-state index contributed by atoms with van der Waals surface area (Å²) >= 11 is 0. The second kappa shape index (κ2) is 9.87. The topological polar surface area (TPSA) is 114 Å². The van der Waals surface area contributed by atoms with E-state index in [2.05, 4.69) is 65.3 Å². The molecule has 9 nitrogen and oxygen atoms in total. The molecule has 1 atom stereocenters. The van der Waals surface area contributed by atoms with Crippen LogP contribution in [0.3, 0.4) is 0 Å². The van der Waals surface area contributed by atoms with Crippen molar-refractivity contribution in [3.63, 3.8) is 0 Å². The molecule has 1 aromatic carbocycles. The van der Waals surface area contributed by atoms with Gasteiger partial charge in [0.15, 0.2) is 0 Å². The minimum Gasteiger partial charge on any atom is -0.380 e. The van der Waals surface area contributed by atoms with Gasteiger partial charge in [-0.05, 0) is 43.0 Å². The SMILES string of the molecule is COCC(=O)NC1(Cc2nc(-c3cncc([C@@](O)(c4ccc(C(C)C)cc4)C4(C)CN(C)C4)c3)no2)CC1. The first kappa shape index (κ1) is 26.5. The van der Waals surface area contributed by atoms with E-state index < -0.39 is 11.0 Å². The maximum absolute atomic E-state index is 12.5. The number of aliphatic hydroxyl groups is 1. The van der Waals surface area contributed by atoms with Crippen LogP contribution in [-0.2, 0) is 21.6 Å². The number of hydrogen-bond acceptors (Lipinski definition) is 8. The molecule has 3 heterocycles. The van der Waals surface area contributed by atoms with Crippen LogP contribution in [0.25, 0.3) is 11.4 Å². The summed E-state index contributed by atoms with van der Waals surface area (Å²) in [6.07, 6.45) is 5.58. The minimum absolute atomic E-state index is 0.0209. The molecule has 1 aliphatic heterocycles. The van der Waals surface area contributed by atoms with E-state index in [0.29, 0.717) is 35.2 Å². The zero-order valence-electron chi connectivity index (χ0n) is 22.8. The molecule has 1 saturated heterocycles. The van der Waals surface area contributed by atoms with Gasteiger partial charge in [0.05, 0.1) is 6.42 Å². The number of methoxy groups -OCH3 is 1. The van der Waals surface area contributed by atoms with Crippen LogP contribution in [0.1, 0.15) is 62.1 Å². The number of nitrogens with zero attached hydrogens (tertiary/aromatic N) is 4. The van der Waals surface area contributed by atoms with Gasteiger partial charge in [0.2, 0.25) is 17.6 Å². The second-order valence-corrected chi connectivity index (χ2v) is 11.6. The number of ether oxygens (including phenoxy) is 1. The van der Waals surface area contributed by atoms with E-state index >= 15 is 0 Å². The lowest BCUT2D eigenvalue weighted by atomic mass is 9.62. The van der Waals surface area contributed by atoms with Crippen LogP contribution in [0.15, 0.2) is 47.2 Å². The number of aromatic nitrogens is 3. The average molecular weight is 520 g/mol. The summed E-state index contributed by atoms with van der Waals surface area (Å²) in [5.74, 6) is 1.11. The lowest BCUT2D eigenvalue weighted by molar-refractivity contribution is -0.127. The van der Waals surface area contributed by atoms with E-state index in [-0.39, 0.29) is 18.1 Å². The van der Waals surface area contributed by atoms with Gasteiger partial charge < -0.3 is 24.6 Å². The van der Waals surface area contributed by atoms with Crippen molar-refractivity contribution in [2.75, 3.05) is 33.9 Å². The monoisotopic (exact) mass is 519 g/mol. The van der Waals surface area contributed by atoms with Crippen molar-refractivity contribution in [1.82, 2.24) is 25.3 Å². The zero-order valence-corrected chi connectivity index (χ0v) is 22.8. The number of pyridine rings is 1. The van der Waals surface area contributed by atoms with Gasteiger partial charge in [0, 0.05) is 54.7 Å². The number of carbonyl (C=O) groups is 1. The Bertz CT molecular complexity index is 1290. The molecule has 0 bridgehead atoms. The fraction of sp³-hybridized carbons (Fsp3) is 0.517. The molecule has 9 heteroatoms. The molecule has 202 valence electrons. The third-order valence-corrected chi connectivity index (χ3v) is 8.01. The normalized spacial score (nSPS) is 19.6. The first-order valence-corrected chi connectivity index (χ1v) is 13.2. The van der Waals surface area contributed by atoms with Gasteiger partial charge in [0.1, 0.15) is 12.2 Å². The van der Waals surface area contributed by atoms with Gasteiger partial charge in [-0.15, -0.1) is 0 Å². The Morgan fingerprint density at radius 3 is 2.53 bits per heavy atom. The van der Waals surface area contributed by atoms with Gasteiger partial charge in [-0.25, -0.2) is 0 Å². The Hall–Kier alpha value is -3.14. The van der Waals surface area contributed by atoms with Crippen LogP contribution >= 0.6 is 0 Å². The van der Waals surface area contributed by atoms with Crippen molar-refractivity contribution >= 4 is 5.91 Å². The largest absolute Gasteiger partial charge is 0.380 e. The molecule has 2 aromatic heterocycles. The van der Waals surface area contributed by atoms with E-state index in [0.717, 1.165) is 31.5 Å². The third-order valence-electron chi connectivity index (χ3n) is 8.01. The maximum atomic E-state index is 12.5. The molecule has 5 rings (SSSR count). The Kier molecular flexibility index (Phi) is 6.87. The first-order chi connectivity index (χ1) is 18.1. The Morgan fingerprint density at radius 1 is 1.21 bits per heavy atom. The van der Waals surface area contributed by atoms with Crippen LogP contribution in [0, 0.1) is 5.41 Å². The summed E-state index contributed by atoms with van der Waals surface area (Å²) in [5, 5.41) is 19.7. The Morgan fingerprint density at radius 2 is 1.92 bits per heavy atom. The number of amides is 1. The molecule has 1 saturated carbocycles. The van der Waals surface area contributed by atoms with Crippen molar-refractivity contribution in [3.8, 4) is 11.4 Å². The third kappa shape index (κ3) is 4.86. The molecule has 0 unspecified atom stereocenters. The van der Waals surface area contributed by atoms with Crippen molar-refractivity contribution in [2.45, 2.75) is 57.1 Å². The van der Waals surface area contributed by atoms with E-state index in [4.69, 9.17) is 9.26 Å². The molecule has 2 fully saturated rings. The van der Waals surface area contributed by atoms with E-state index in [9.17, 15) is 9.90 Å². The van der Waals surface area contributed by atoms with Crippen LogP contribution in [-0.4, -0.2) is 70.4 Å². The summed E-state index contributed by atoms with van der Waals surface area (Å²) in [7, 11) is 3.56. The molecule has 0 radical (unpaired) electrons. The second-order valence-electron chi connectivity index (χ2n) is 11.6. The predicted octanol–water partition coefficient (Wildman–Crippen LogP) is 3.28. The number of likely N-dealkylation sites (tertiary alicyclic amines) is 1. The van der Waals surface area contributed by atoms with Gasteiger partial charge >= 0.3 is 0 Å². The Labute approximate surface area is 223 Å². The van der Waals surface area contributed by atoms with Gasteiger partial charge in [-0.3, -0.25) is 9.78 Å². The summed E-state index contributed by atoms with van der Waals surface area (Å²) in [4.78, 5) is 23.3. The quantitative estimate of drug-likeness (QED) is 0.420. The summed E-state index contributed by atoms with van der Waals surface area (Å²) in [5.41, 5.74) is 1.42. The zero-order chi connectivity index (χ0) is 27.1. The van der Waals surface area contributed by atoms with E-state index in [1.165, 1.54) is 12.7 Å². The summed E-state index contributed by atoms with van der Waals surface area (Å²) in [6.45, 7) is 7.97. The van der Waals surface area contributed by atoms with Crippen molar-refractivity contribution in [1.29, 1.82) is 0 Å². The molecule has 2 N–H and O–H groups in total. The van der Waals surface area contributed by atoms with E-state index in [1.807, 2.05) is 18.2 Å². The van der Waals surface area contributed by atoms with Gasteiger partial charge in [0.25, 0.3) is 0 Å². The summed E-state index contributed by atoms with van der Waals surface area (Å²) < 4.78 is 10.5. The smallest absolute Gasteiger partial charge is 0.246 e. The molecular formula is C29H37N5O4. The lowest BCUT2D eigenvalue weighted by Gasteiger charge is -2.55. The minimum atomic E-state index is -1.26. The highest BCUT2D eigenvalue weighted by molar-refractivity contribution is 5.78. The van der Waals surface area contributed by atoms with Crippen molar-refractivity contribution < 1.29 is 19.2 Å². The number of nitrogens with one attached hydrogen (secondary N) is 1. The Balaban J connectivity index is 1.44. The highest BCUT2D eigenvalue weighted by Crippen LogP contribution is 2.50. The van der Waals surface area contributed by atoms with Crippen molar-refractivity contribution in [3.05, 3.63) is 65.3 Å². The predicted molar refractivity (Wildman–Crippen MR) is 142 cm³/mol. The highest BCUT2D eigenvalue weighted by Gasteiger charge is 2.55. The maximum Gasteiger partial charge on any atom is 0.246 e. The molecule has 3 aromatic rings. The fourth-order valence-electron chi connectivity index (χ4n) is 5.80. The van der Waals surface area contributed by atoms with Crippen molar-refractivity contribution in [2.24, 2.45) is 5.41 Å². The van der Waals surface area contributed by atoms with Gasteiger partial charge in [-0.2, -0.15) is 4.98 Å². The van der Waals surface area contributed by atoms with Crippen LogP contribution in [0.4, 0.5) is 0 Å². The van der Waals surface area contributed by atoms with Crippen LogP contribution in [0.2, 0.25) is 0 Å². The standard InChI is InChI=1S/C29H37N5O4/c1-19(2)20-6-8-22(9-7-20)29(36,27(3)17-34(4)18-27)23-12-21(14-30-15-23)26-31-25(38-33-26)13-28(10-11-28)32-24(35)16-37-5/h6-9,12,14-15,19,36H,10-11,13,16-18H2,1-5H3,(H,32,35)/t29-/m0/s1. The number of carbonyl (C=O) groups excluding carboxylic acids is 1. The summed E-state index contributed by atoms with van der Waals surface area (Å²) in [6, 6.07) is 10.2. The molecule has 1 aliphatic carbocycles.